The Bertz CT molecular complexity index is 153. The van der Waals surface area contributed by atoms with Crippen LogP contribution in [0.4, 0.5) is 0 Å². The first-order chi connectivity index (χ1) is 4.81. The Morgan fingerprint density at radius 2 is 1.73 bits per heavy atom. The average Bonchev–Trinajstić information content (AvgIpc) is 1.87. The molecule has 0 unspecified atom stereocenters. The Hall–Kier alpha value is -0.0800. The highest BCUT2D eigenvalue weighted by Crippen LogP contribution is 2.45. The van der Waals surface area contributed by atoms with Crippen LogP contribution in [0.5, 0.6) is 0 Å². The fourth-order valence-corrected chi connectivity index (χ4v) is 2.10. The minimum absolute atomic E-state index is 0. The van der Waals surface area contributed by atoms with Gasteiger partial charge in [0.2, 0.25) is 0 Å². The summed E-state index contributed by atoms with van der Waals surface area (Å²) in [5.41, 5.74) is 0.461. The number of halogens is 1. The molecule has 0 bridgehead atoms. The molecule has 0 aromatic rings. The van der Waals surface area contributed by atoms with E-state index in [9.17, 15) is 4.79 Å². The summed E-state index contributed by atoms with van der Waals surface area (Å²) >= 11 is 0. The molecule has 64 valence electrons. The first kappa shape index (κ1) is 9.01. The monoisotopic (exact) mass is 175 g/mol. The number of piperidine rings is 1. The van der Waals surface area contributed by atoms with Gasteiger partial charge in [0, 0.05) is 12.8 Å². The van der Waals surface area contributed by atoms with Crippen LogP contribution in [0.15, 0.2) is 0 Å². The molecule has 2 fully saturated rings. The molecule has 11 heavy (non-hydrogen) atoms. The zero-order valence-electron chi connectivity index (χ0n) is 6.56. The van der Waals surface area contributed by atoms with Crippen LogP contribution in [0.2, 0.25) is 0 Å². The Balaban J connectivity index is 0.000000605. The molecule has 1 spiro atoms. The standard InChI is InChI=1S/C8H13NO.ClH/c10-7-5-8(6-7)1-3-9-4-2-8;/h9H,1-6H2;1H. The van der Waals surface area contributed by atoms with E-state index in [2.05, 4.69) is 5.32 Å². The molecule has 1 aliphatic heterocycles. The number of ketones is 1. The van der Waals surface area contributed by atoms with Crippen LogP contribution >= 0.6 is 12.4 Å². The predicted molar refractivity (Wildman–Crippen MR) is 46.0 cm³/mol. The van der Waals surface area contributed by atoms with Gasteiger partial charge in [-0.25, -0.2) is 0 Å². The summed E-state index contributed by atoms with van der Waals surface area (Å²) in [4.78, 5) is 10.8. The van der Waals surface area contributed by atoms with E-state index in [-0.39, 0.29) is 12.4 Å². The normalized spacial score (nSPS) is 27.5. The van der Waals surface area contributed by atoms with Gasteiger partial charge in [-0.3, -0.25) is 4.79 Å². The third kappa shape index (κ3) is 1.57. The Labute approximate surface area is 73.1 Å². The highest BCUT2D eigenvalue weighted by molar-refractivity contribution is 5.86. The number of carbonyl (C=O) groups excluding carboxylic acids is 1. The van der Waals surface area contributed by atoms with E-state index in [0.717, 1.165) is 25.9 Å². The van der Waals surface area contributed by atoms with Crippen LogP contribution in [0.3, 0.4) is 0 Å². The molecule has 0 radical (unpaired) electrons. The van der Waals surface area contributed by atoms with Gasteiger partial charge in [-0.05, 0) is 31.3 Å². The van der Waals surface area contributed by atoms with Gasteiger partial charge in [0.1, 0.15) is 5.78 Å². The van der Waals surface area contributed by atoms with Crippen molar-refractivity contribution in [3.63, 3.8) is 0 Å². The van der Waals surface area contributed by atoms with Gasteiger partial charge < -0.3 is 5.32 Å². The maximum Gasteiger partial charge on any atom is 0.134 e. The largest absolute Gasteiger partial charge is 0.317 e. The van der Waals surface area contributed by atoms with E-state index in [0.29, 0.717) is 11.2 Å². The van der Waals surface area contributed by atoms with Gasteiger partial charge in [0.15, 0.2) is 0 Å². The van der Waals surface area contributed by atoms with E-state index in [1.54, 1.807) is 0 Å². The summed E-state index contributed by atoms with van der Waals surface area (Å²) in [7, 11) is 0. The fourth-order valence-electron chi connectivity index (χ4n) is 2.10. The summed E-state index contributed by atoms with van der Waals surface area (Å²) in [6.07, 6.45) is 4.18. The summed E-state index contributed by atoms with van der Waals surface area (Å²) < 4.78 is 0. The summed E-state index contributed by atoms with van der Waals surface area (Å²) in [6.45, 7) is 2.24. The van der Waals surface area contributed by atoms with Gasteiger partial charge in [-0.1, -0.05) is 0 Å². The van der Waals surface area contributed by atoms with Gasteiger partial charge in [-0.15, -0.1) is 12.4 Å². The minimum Gasteiger partial charge on any atom is -0.317 e. The van der Waals surface area contributed by atoms with Crippen LogP contribution in [0.25, 0.3) is 0 Å². The molecule has 1 saturated carbocycles. The molecule has 3 heteroatoms. The van der Waals surface area contributed by atoms with Gasteiger partial charge in [-0.2, -0.15) is 0 Å². The van der Waals surface area contributed by atoms with E-state index >= 15 is 0 Å². The molecule has 1 heterocycles. The molecule has 2 aliphatic rings. The molecular formula is C8H14ClNO. The Kier molecular flexibility index (Phi) is 2.55. The Morgan fingerprint density at radius 3 is 2.18 bits per heavy atom. The lowest BCUT2D eigenvalue weighted by Gasteiger charge is -2.43. The second kappa shape index (κ2) is 3.11. The number of carbonyl (C=O) groups is 1. The lowest BCUT2D eigenvalue weighted by Crippen LogP contribution is -2.45. The molecule has 0 aromatic heterocycles. The molecule has 2 rings (SSSR count). The van der Waals surface area contributed by atoms with E-state index < -0.39 is 0 Å². The van der Waals surface area contributed by atoms with Gasteiger partial charge in [0.05, 0.1) is 0 Å². The third-order valence-corrected chi connectivity index (χ3v) is 2.81. The highest BCUT2D eigenvalue weighted by atomic mass is 35.5. The predicted octanol–water partition coefficient (Wildman–Crippen LogP) is 1.14. The third-order valence-electron chi connectivity index (χ3n) is 2.81. The van der Waals surface area contributed by atoms with Crippen molar-refractivity contribution in [2.75, 3.05) is 13.1 Å². The molecule has 1 saturated heterocycles. The van der Waals surface area contributed by atoms with Crippen LogP contribution in [-0.4, -0.2) is 18.9 Å². The maximum atomic E-state index is 10.8. The molecule has 1 N–H and O–H groups in total. The molecule has 0 aromatic carbocycles. The lowest BCUT2D eigenvalue weighted by molar-refractivity contribution is -0.134. The summed E-state index contributed by atoms with van der Waals surface area (Å²) in [6, 6.07) is 0. The molecule has 2 nitrogen and oxygen atoms in total. The first-order valence-electron chi connectivity index (χ1n) is 4.03. The van der Waals surface area contributed by atoms with Crippen molar-refractivity contribution in [3.8, 4) is 0 Å². The SMILES string of the molecule is Cl.O=C1CC2(CCNCC2)C1. The number of Topliss-reactive ketones (excluding diaryl/α,β-unsaturated/α-hetero) is 1. The maximum absolute atomic E-state index is 10.8. The van der Waals surface area contributed by atoms with Crippen molar-refractivity contribution in [2.45, 2.75) is 25.7 Å². The second-order valence-corrected chi connectivity index (χ2v) is 3.64. The highest BCUT2D eigenvalue weighted by Gasteiger charge is 2.43. The Morgan fingerprint density at radius 1 is 1.18 bits per heavy atom. The quantitative estimate of drug-likeness (QED) is 0.599. The number of hydrogen-bond donors (Lipinski definition) is 1. The van der Waals surface area contributed by atoms with Gasteiger partial charge >= 0.3 is 0 Å². The number of nitrogens with one attached hydrogen (secondary N) is 1. The first-order valence-corrected chi connectivity index (χ1v) is 4.03. The molecule has 0 amide bonds. The number of hydrogen-bond acceptors (Lipinski definition) is 2. The van der Waals surface area contributed by atoms with Crippen molar-refractivity contribution >= 4 is 18.2 Å². The molecule has 1 aliphatic carbocycles. The minimum atomic E-state index is 0. The van der Waals surface area contributed by atoms with Gasteiger partial charge in [0.25, 0.3) is 0 Å². The lowest BCUT2D eigenvalue weighted by atomic mass is 9.63. The smallest absolute Gasteiger partial charge is 0.134 e. The zero-order chi connectivity index (χ0) is 7.03. The zero-order valence-corrected chi connectivity index (χ0v) is 7.38. The van der Waals surface area contributed by atoms with E-state index in [1.165, 1.54) is 12.8 Å². The average molecular weight is 176 g/mol. The van der Waals surface area contributed by atoms with E-state index in [4.69, 9.17) is 0 Å². The van der Waals surface area contributed by atoms with Crippen LogP contribution < -0.4 is 5.32 Å². The van der Waals surface area contributed by atoms with Crippen LogP contribution in [0.1, 0.15) is 25.7 Å². The number of rotatable bonds is 0. The summed E-state index contributed by atoms with van der Waals surface area (Å²) in [5, 5.41) is 3.31. The van der Waals surface area contributed by atoms with Crippen molar-refractivity contribution in [3.05, 3.63) is 0 Å². The van der Waals surface area contributed by atoms with Crippen molar-refractivity contribution in [1.82, 2.24) is 5.32 Å². The van der Waals surface area contributed by atoms with Crippen molar-refractivity contribution in [1.29, 1.82) is 0 Å². The fraction of sp³-hybridized carbons (Fsp3) is 0.875. The second-order valence-electron chi connectivity index (χ2n) is 3.64. The van der Waals surface area contributed by atoms with Crippen molar-refractivity contribution in [2.24, 2.45) is 5.41 Å². The van der Waals surface area contributed by atoms with Crippen molar-refractivity contribution < 1.29 is 4.79 Å². The van der Waals surface area contributed by atoms with Crippen LogP contribution in [-0.2, 0) is 4.79 Å². The molecule has 0 atom stereocenters. The topological polar surface area (TPSA) is 29.1 Å². The molecular weight excluding hydrogens is 162 g/mol. The summed E-state index contributed by atoms with van der Waals surface area (Å²) in [5.74, 6) is 0.474. The van der Waals surface area contributed by atoms with E-state index in [1.807, 2.05) is 0 Å². The van der Waals surface area contributed by atoms with Crippen LogP contribution in [0, 0.1) is 5.41 Å².